The quantitative estimate of drug-likeness (QED) is 0.697. The lowest BCUT2D eigenvalue weighted by molar-refractivity contribution is 0.452. The summed E-state index contributed by atoms with van der Waals surface area (Å²) >= 11 is 0. The summed E-state index contributed by atoms with van der Waals surface area (Å²) in [4.78, 5) is 0. The van der Waals surface area contributed by atoms with Gasteiger partial charge in [0, 0.05) is 13.1 Å². The van der Waals surface area contributed by atoms with Crippen LogP contribution in [0.3, 0.4) is 0 Å². The van der Waals surface area contributed by atoms with Crippen molar-refractivity contribution in [2.45, 2.75) is 13.3 Å². The molecule has 1 rings (SSSR count). The molecule has 13 heavy (non-hydrogen) atoms. The SMILES string of the molecule is CCS(=O)(=O)N1CCC(CNC)C1. The van der Waals surface area contributed by atoms with Gasteiger partial charge in [-0.3, -0.25) is 0 Å². The Morgan fingerprint density at radius 2 is 2.23 bits per heavy atom. The number of nitrogens with zero attached hydrogens (tertiary/aromatic N) is 1. The second kappa shape index (κ2) is 4.39. The van der Waals surface area contributed by atoms with E-state index in [4.69, 9.17) is 0 Å². The Labute approximate surface area is 80.4 Å². The molecule has 1 aliphatic heterocycles. The lowest BCUT2D eigenvalue weighted by Crippen LogP contribution is -2.31. The first-order valence-electron chi connectivity index (χ1n) is 4.72. The molecule has 0 bridgehead atoms. The molecule has 1 heterocycles. The zero-order valence-electron chi connectivity index (χ0n) is 8.28. The van der Waals surface area contributed by atoms with E-state index < -0.39 is 10.0 Å². The predicted molar refractivity (Wildman–Crippen MR) is 53.1 cm³/mol. The molecule has 78 valence electrons. The van der Waals surface area contributed by atoms with Gasteiger partial charge in [-0.25, -0.2) is 12.7 Å². The summed E-state index contributed by atoms with van der Waals surface area (Å²) in [6.07, 6.45) is 0.986. The van der Waals surface area contributed by atoms with Crippen molar-refractivity contribution in [1.29, 1.82) is 0 Å². The smallest absolute Gasteiger partial charge is 0.213 e. The van der Waals surface area contributed by atoms with Crippen molar-refractivity contribution < 1.29 is 8.42 Å². The standard InChI is InChI=1S/C8H18N2O2S/c1-3-13(11,12)10-5-4-8(7-10)6-9-2/h8-9H,3-7H2,1-2H3. The average molecular weight is 206 g/mol. The summed E-state index contributed by atoms with van der Waals surface area (Å²) in [6.45, 7) is 4.00. The molecular formula is C8H18N2O2S. The van der Waals surface area contributed by atoms with Gasteiger partial charge in [0.05, 0.1) is 5.75 Å². The van der Waals surface area contributed by atoms with Crippen molar-refractivity contribution in [3.05, 3.63) is 0 Å². The zero-order chi connectivity index (χ0) is 9.90. The van der Waals surface area contributed by atoms with E-state index >= 15 is 0 Å². The van der Waals surface area contributed by atoms with Crippen molar-refractivity contribution in [3.8, 4) is 0 Å². The van der Waals surface area contributed by atoms with Crippen LogP contribution >= 0.6 is 0 Å². The van der Waals surface area contributed by atoms with Crippen molar-refractivity contribution in [3.63, 3.8) is 0 Å². The third-order valence-electron chi connectivity index (χ3n) is 2.50. The molecule has 0 spiro atoms. The van der Waals surface area contributed by atoms with Crippen LogP contribution in [0.2, 0.25) is 0 Å². The van der Waals surface area contributed by atoms with Crippen molar-refractivity contribution >= 4 is 10.0 Å². The Morgan fingerprint density at radius 1 is 1.54 bits per heavy atom. The Balaban J connectivity index is 2.50. The summed E-state index contributed by atoms with van der Waals surface area (Å²) < 4.78 is 24.5. The molecule has 0 amide bonds. The van der Waals surface area contributed by atoms with Crippen LogP contribution in [0.1, 0.15) is 13.3 Å². The van der Waals surface area contributed by atoms with Crippen molar-refractivity contribution in [2.24, 2.45) is 5.92 Å². The van der Waals surface area contributed by atoms with Crippen LogP contribution in [0.15, 0.2) is 0 Å². The molecule has 0 aromatic rings. The van der Waals surface area contributed by atoms with Crippen LogP contribution in [0.25, 0.3) is 0 Å². The molecule has 0 radical (unpaired) electrons. The Bertz CT molecular complexity index is 251. The van der Waals surface area contributed by atoms with Gasteiger partial charge >= 0.3 is 0 Å². The fourth-order valence-corrected chi connectivity index (χ4v) is 2.87. The van der Waals surface area contributed by atoms with Gasteiger partial charge < -0.3 is 5.32 Å². The molecule has 1 unspecified atom stereocenters. The van der Waals surface area contributed by atoms with Crippen molar-refractivity contribution in [1.82, 2.24) is 9.62 Å². The molecule has 5 heteroatoms. The Kier molecular flexibility index (Phi) is 3.70. The van der Waals surface area contributed by atoms with Gasteiger partial charge in [0.25, 0.3) is 0 Å². The Morgan fingerprint density at radius 3 is 2.77 bits per heavy atom. The van der Waals surface area contributed by atoms with Crippen LogP contribution in [-0.4, -0.2) is 45.2 Å². The molecule has 0 aliphatic carbocycles. The van der Waals surface area contributed by atoms with E-state index in [1.165, 1.54) is 0 Å². The van der Waals surface area contributed by atoms with E-state index in [9.17, 15) is 8.42 Å². The monoisotopic (exact) mass is 206 g/mol. The summed E-state index contributed by atoms with van der Waals surface area (Å²) in [6, 6.07) is 0. The number of nitrogens with one attached hydrogen (secondary N) is 1. The summed E-state index contributed by atoms with van der Waals surface area (Å²) in [5, 5.41) is 3.08. The number of hydrogen-bond acceptors (Lipinski definition) is 3. The largest absolute Gasteiger partial charge is 0.319 e. The molecule has 1 saturated heterocycles. The number of hydrogen-bond donors (Lipinski definition) is 1. The van der Waals surface area contributed by atoms with Gasteiger partial charge in [-0.2, -0.15) is 0 Å². The molecular weight excluding hydrogens is 188 g/mol. The van der Waals surface area contributed by atoms with E-state index in [0.29, 0.717) is 19.0 Å². The fourth-order valence-electron chi connectivity index (χ4n) is 1.69. The third kappa shape index (κ3) is 2.65. The van der Waals surface area contributed by atoms with Crippen LogP contribution in [0.4, 0.5) is 0 Å². The van der Waals surface area contributed by atoms with E-state index in [1.54, 1.807) is 11.2 Å². The molecule has 4 nitrogen and oxygen atoms in total. The van der Waals surface area contributed by atoms with Gasteiger partial charge in [-0.05, 0) is 32.9 Å². The highest BCUT2D eigenvalue weighted by atomic mass is 32.2. The minimum atomic E-state index is -2.94. The first-order chi connectivity index (χ1) is 6.10. The molecule has 0 saturated carbocycles. The highest BCUT2D eigenvalue weighted by molar-refractivity contribution is 7.89. The van der Waals surface area contributed by atoms with Crippen LogP contribution in [0.5, 0.6) is 0 Å². The maximum Gasteiger partial charge on any atom is 0.213 e. The molecule has 1 aliphatic rings. The molecule has 0 aromatic heterocycles. The van der Waals surface area contributed by atoms with Gasteiger partial charge in [-0.1, -0.05) is 0 Å². The van der Waals surface area contributed by atoms with Crippen LogP contribution < -0.4 is 5.32 Å². The van der Waals surface area contributed by atoms with Crippen LogP contribution in [0, 0.1) is 5.92 Å². The first kappa shape index (κ1) is 10.9. The van der Waals surface area contributed by atoms with Gasteiger partial charge in [0.15, 0.2) is 0 Å². The minimum Gasteiger partial charge on any atom is -0.319 e. The lowest BCUT2D eigenvalue weighted by atomic mass is 10.1. The predicted octanol–water partition coefficient (Wildman–Crippen LogP) is -0.123. The molecule has 1 N–H and O–H groups in total. The van der Waals surface area contributed by atoms with Crippen LogP contribution in [-0.2, 0) is 10.0 Å². The summed E-state index contributed by atoms with van der Waals surface area (Å²) in [5.74, 6) is 0.713. The lowest BCUT2D eigenvalue weighted by Gasteiger charge is -2.14. The van der Waals surface area contributed by atoms with E-state index in [0.717, 1.165) is 13.0 Å². The minimum absolute atomic E-state index is 0.222. The third-order valence-corrected chi connectivity index (χ3v) is 4.35. The molecule has 1 atom stereocenters. The van der Waals surface area contributed by atoms with Gasteiger partial charge in [0.1, 0.15) is 0 Å². The van der Waals surface area contributed by atoms with E-state index in [-0.39, 0.29) is 5.75 Å². The van der Waals surface area contributed by atoms with Crippen molar-refractivity contribution in [2.75, 3.05) is 32.4 Å². The Hall–Kier alpha value is -0.130. The fraction of sp³-hybridized carbons (Fsp3) is 1.00. The normalized spacial score (nSPS) is 25.2. The van der Waals surface area contributed by atoms with Gasteiger partial charge in [0.2, 0.25) is 10.0 Å². The first-order valence-corrected chi connectivity index (χ1v) is 6.33. The highest BCUT2D eigenvalue weighted by Gasteiger charge is 2.29. The second-order valence-electron chi connectivity index (χ2n) is 3.47. The maximum atomic E-state index is 11.5. The summed E-state index contributed by atoms with van der Waals surface area (Å²) in [7, 11) is -1.04. The summed E-state index contributed by atoms with van der Waals surface area (Å²) in [5.41, 5.74) is 0. The average Bonchev–Trinajstić information content (AvgIpc) is 2.54. The molecule has 0 aromatic carbocycles. The molecule has 1 fully saturated rings. The van der Waals surface area contributed by atoms with E-state index in [2.05, 4.69) is 5.32 Å². The second-order valence-corrected chi connectivity index (χ2v) is 5.73. The number of sulfonamides is 1. The topological polar surface area (TPSA) is 49.4 Å². The number of rotatable bonds is 4. The van der Waals surface area contributed by atoms with Gasteiger partial charge in [-0.15, -0.1) is 0 Å². The van der Waals surface area contributed by atoms with E-state index in [1.807, 2.05) is 7.05 Å². The highest BCUT2D eigenvalue weighted by Crippen LogP contribution is 2.18. The maximum absolute atomic E-state index is 11.5. The zero-order valence-corrected chi connectivity index (χ0v) is 9.10.